The summed E-state index contributed by atoms with van der Waals surface area (Å²) >= 11 is 0. The molecule has 1 aliphatic heterocycles. The van der Waals surface area contributed by atoms with E-state index in [4.69, 9.17) is 4.84 Å². The predicted octanol–water partition coefficient (Wildman–Crippen LogP) is 0.257. The summed E-state index contributed by atoms with van der Waals surface area (Å²) in [6.07, 6.45) is 1.78. The van der Waals surface area contributed by atoms with Gasteiger partial charge in [0.05, 0.1) is 6.61 Å². The zero-order chi connectivity index (χ0) is 9.90. The van der Waals surface area contributed by atoms with Crippen LogP contribution in [0.25, 0.3) is 0 Å². The third kappa shape index (κ3) is 3.22. The van der Waals surface area contributed by atoms with Crippen molar-refractivity contribution < 1.29 is 13.3 Å². The Bertz CT molecular complexity index is 244. The lowest BCUT2D eigenvalue weighted by Crippen LogP contribution is -2.45. The Balaban J connectivity index is 2.57. The zero-order valence-corrected chi connectivity index (χ0v) is 8.80. The van der Waals surface area contributed by atoms with Gasteiger partial charge in [0, 0.05) is 12.6 Å². The predicted molar refractivity (Wildman–Crippen MR) is 49.1 cm³/mol. The van der Waals surface area contributed by atoms with Gasteiger partial charge in [0.1, 0.15) is 0 Å². The lowest BCUT2D eigenvalue weighted by atomic mass is 10.3. The number of hydroxylamine groups is 1. The highest BCUT2D eigenvalue weighted by Crippen LogP contribution is 2.09. The molecule has 0 bridgehead atoms. The normalized spacial score (nSPS) is 20.8. The van der Waals surface area contributed by atoms with Crippen molar-refractivity contribution in [1.29, 1.82) is 0 Å². The summed E-state index contributed by atoms with van der Waals surface area (Å²) in [5.41, 5.74) is 0. The van der Waals surface area contributed by atoms with Crippen LogP contribution in [-0.2, 0) is 15.0 Å². The van der Waals surface area contributed by atoms with Crippen molar-refractivity contribution in [3.8, 4) is 0 Å². The molecule has 1 rings (SSSR count). The number of rotatable bonds is 3. The summed E-state index contributed by atoms with van der Waals surface area (Å²) in [4.78, 5) is 5.03. The molecule has 0 amide bonds. The molecule has 1 fully saturated rings. The molecule has 0 aromatic rings. The molecule has 5 nitrogen and oxygen atoms in total. The average molecular weight is 208 g/mol. The van der Waals surface area contributed by atoms with Gasteiger partial charge in [-0.15, -0.1) is 0 Å². The maximum atomic E-state index is 11.5. The minimum atomic E-state index is -3.42. The van der Waals surface area contributed by atoms with Crippen LogP contribution in [-0.4, -0.2) is 32.1 Å². The smallest absolute Gasteiger partial charge is 0.283 e. The standard InChI is InChI=1S/C7H16N2O3S/c1-7(2)8-13(10,11)9-5-3-4-6-12-9/h7-8H,3-6H2,1-2H3. The van der Waals surface area contributed by atoms with Crippen molar-refractivity contribution in [2.24, 2.45) is 0 Å². The third-order valence-electron chi connectivity index (χ3n) is 1.62. The van der Waals surface area contributed by atoms with E-state index in [0.717, 1.165) is 17.3 Å². The molecule has 0 aromatic carbocycles. The first-order valence-electron chi connectivity index (χ1n) is 4.45. The Morgan fingerprint density at radius 1 is 1.38 bits per heavy atom. The molecule has 78 valence electrons. The van der Waals surface area contributed by atoms with E-state index >= 15 is 0 Å². The van der Waals surface area contributed by atoms with Gasteiger partial charge in [-0.25, -0.2) is 0 Å². The zero-order valence-electron chi connectivity index (χ0n) is 7.99. The fourth-order valence-corrected chi connectivity index (χ4v) is 2.42. The summed E-state index contributed by atoms with van der Waals surface area (Å²) in [7, 11) is -3.42. The molecule has 13 heavy (non-hydrogen) atoms. The summed E-state index contributed by atoms with van der Waals surface area (Å²) in [6.45, 7) is 4.49. The van der Waals surface area contributed by atoms with Crippen LogP contribution in [0, 0.1) is 0 Å². The minimum Gasteiger partial charge on any atom is -0.283 e. The van der Waals surface area contributed by atoms with E-state index in [1.807, 2.05) is 0 Å². The first-order chi connectivity index (χ1) is 6.02. The van der Waals surface area contributed by atoms with Gasteiger partial charge >= 0.3 is 10.2 Å². The summed E-state index contributed by atoms with van der Waals surface area (Å²) in [5.74, 6) is 0. The van der Waals surface area contributed by atoms with Crippen molar-refractivity contribution >= 4 is 10.2 Å². The molecular formula is C7H16N2O3S. The monoisotopic (exact) mass is 208 g/mol. The molecule has 0 spiro atoms. The van der Waals surface area contributed by atoms with Crippen LogP contribution < -0.4 is 4.72 Å². The van der Waals surface area contributed by atoms with Crippen molar-refractivity contribution in [2.75, 3.05) is 13.2 Å². The number of nitrogens with one attached hydrogen (secondary N) is 1. The maximum Gasteiger partial charge on any atom is 0.301 e. The highest BCUT2D eigenvalue weighted by atomic mass is 32.2. The van der Waals surface area contributed by atoms with Gasteiger partial charge < -0.3 is 0 Å². The molecular weight excluding hydrogens is 192 g/mol. The number of hydrogen-bond donors (Lipinski definition) is 1. The summed E-state index contributed by atoms with van der Waals surface area (Å²) < 4.78 is 26.5. The van der Waals surface area contributed by atoms with Gasteiger partial charge in [-0.05, 0) is 26.7 Å². The Labute approximate surface area is 79.2 Å². The molecule has 6 heteroatoms. The van der Waals surface area contributed by atoms with E-state index in [1.54, 1.807) is 13.8 Å². The average Bonchev–Trinajstić information content (AvgIpc) is 2.04. The van der Waals surface area contributed by atoms with Crippen LogP contribution in [0.3, 0.4) is 0 Å². The molecule has 1 aliphatic rings. The van der Waals surface area contributed by atoms with Gasteiger partial charge in [-0.1, -0.05) is 4.47 Å². The van der Waals surface area contributed by atoms with Crippen LogP contribution in [0.2, 0.25) is 0 Å². The summed E-state index contributed by atoms with van der Waals surface area (Å²) in [5, 5.41) is 0. The van der Waals surface area contributed by atoms with Crippen molar-refractivity contribution in [1.82, 2.24) is 9.19 Å². The lowest BCUT2D eigenvalue weighted by molar-refractivity contribution is -0.109. The number of hydrogen-bond acceptors (Lipinski definition) is 3. The van der Waals surface area contributed by atoms with Gasteiger partial charge in [0.15, 0.2) is 0 Å². The minimum absolute atomic E-state index is 0.101. The second-order valence-corrected chi connectivity index (χ2v) is 4.94. The van der Waals surface area contributed by atoms with E-state index in [2.05, 4.69) is 4.72 Å². The van der Waals surface area contributed by atoms with E-state index in [9.17, 15) is 8.42 Å². The Kier molecular flexibility index (Phi) is 3.66. The highest BCUT2D eigenvalue weighted by molar-refractivity contribution is 7.87. The van der Waals surface area contributed by atoms with E-state index in [0.29, 0.717) is 13.2 Å². The first-order valence-corrected chi connectivity index (χ1v) is 5.89. The molecule has 1 saturated heterocycles. The quantitative estimate of drug-likeness (QED) is 0.723. The summed E-state index contributed by atoms with van der Waals surface area (Å²) in [6, 6.07) is -0.101. The van der Waals surface area contributed by atoms with Crippen LogP contribution in [0.15, 0.2) is 0 Å². The second-order valence-electron chi connectivity index (χ2n) is 3.34. The van der Waals surface area contributed by atoms with Gasteiger partial charge in [-0.3, -0.25) is 4.84 Å². The number of nitrogens with zero attached hydrogens (tertiary/aromatic N) is 1. The third-order valence-corrected chi connectivity index (χ3v) is 3.22. The van der Waals surface area contributed by atoms with E-state index in [-0.39, 0.29) is 6.04 Å². The van der Waals surface area contributed by atoms with Gasteiger partial charge in [0.25, 0.3) is 0 Å². The van der Waals surface area contributed by atoms with Gasteiger partial charge in [0.2, 0.25) is 0 Å². The van der Waals surface area contributed by atoms with Crippen LogP contribution in [0.4, 0.5) is 0 Å². The van der Waals surface area contributed by atoms with Crippen molar-refractivity contribution in [2.45, 2.75) is 32.7 Å². The fraction of sp³-hybridized carbons (Fsp3) is 1.00. The Morgan fingerprint density at radius 2 is 2.08 bits per heavy atom. The van der Waals surface area contributed by atoms with Crippen molar-refractivity contribution in [3.63, 3.8) is 0 Å². The van der Waals surface area contributed by atoms with Crippen molar-refractivity contribution in [3.05, 3.63) is 0 Å². The SMILES string of the molecule is CC(C)NS(=O)(=O)N1CCCCO1. The van der Waals surface area contributed by atoms with E-state index < -0.39 is 10.2 Å². The lowest BCUT2D eigenvalue weighted by Gasteiger charge is -2.26. The molecule has 0 aromatic heterocycles. The van der Waals surface area contributed by atoms with Gasteiger partial charge in [-0.2, -0.15) is 13.1 Å². The Morgan fingerprint density at radius 3 is 2.54 bits per heavy atom. The molecule has 1 heterocycles. The molecule has 0 unspecified atom stereocenters. The molecule has 1 N–H and O–H groups in total. The molecule has 0 atom stereocenters. The fourth-order valence-electron chi connectivity index (χ4n) is 1.12. The molecule has 0 saturated carbocycles. The Hall–Kier alpha value is -0.170. The molecule has 0 radical (unpaired) electrons. The second kappa shape index (κ2) is 4.36. The van der Waals surface area contributed by atoms with Crippen LogP contribution >= 0.6 is 0 Å². The van der Waals surface area contributed by atoms with Crippen LogP contribution in [0.5, 0.6) is 0 Å². The van der Waals surface area contributed by atoms with Crippen LogP contribution in [0.1, 0.15) is 26.7 Å². The largest absolute Gasteiger partial charge is 0.301 e. The molecule has 0 aliphatic carbocycles. The topological polar surface area (TPSA) is 58.6 Å². The van der Waals surface area contributed by atoms with E-state index in [1.165, 1.54) is 0 Å². The maximum absolute atomic E-state index is 11.5. The first kappa shape index (κ1) is 10.9. The highest BCUT2D eigenvalue weighted by Gasteiger charge is 2.25.